The lowest BCUT2D eigenvalue weighted by Crippen LogP contribution is -2.17. The zero-order valence-electron chi connectivity index (χ0n) is 12.5. The van der Waals surface area contributed by atoms with Crippen LogP contribution in [0, 0.1) is 0 Å². The molecule has 0 spiro atoms. The molecule has 5 heteroatoms. The minimum Gasteiger partial charge on any atom is -0.493 e. The first-order chi connectivity index (χ1) is 10.1. The van der Waals surface area contributed by atoms with E-state index in [1.54, 1.807) is 13.0 Å². The summed E-state index contributed by atoms with van der Waals surface area (Å²) in [7, 11) is 1.53. The number of rotatable bonds is 8. The average Bonchev–Trinajstić information content (AvgIpc) is 2.46. The van der Waals surface area contributed by atoms with Crippen LogP contribution in [0.5, 0.6) is 11.5 Å². The molecule has 0 radical (unpaired) electrons. The van der Waals surface area contributed by atoms with Gasteiger partial charge in [-0.1, -0.05) is 18.2 Å². The number of ketones is 1. The Balaban J connectivity index is 2.62. The van der Waals surface area contributed by atoms with Crippen molar-refractivity contribution in [1.29, 1.82) is 0 Å². The molecule has 0 unspecified atom stereocenters. The molecule has 1 aromatic rings. The van der Waals surface area contributed by atoms with E-state index < -0.39 is 5.97 Å². The Morgan fingerprint density at radius 1 is 1.24 bits per heavy atom. The molecule has 0 amide bonds. The number of methoxy groups -OCH3 is 1. The minimum atomic E-state index is -0.540. The first kappa shape index (κ1) is 16.8. The van der Waals surface area contributed by atoms with Gasteiger partial charge in [0.1, 0.15) is 13.0 Å². The molecule has 0 saturated carbocycles. The van der Waals surface area contributed by atoms with Gasteiger partial charge in [-0.25, -0.2) is 0 Å². The van der Waals surface area contributed by atoms with Gasteiger partial charge in [0.25, 0.3) is 0 Å². The fraction of sp³-hybridized carbons (Fsp3) is 0.375. The predicted molar refractivity (Wildman–Crippen MR) is 79.5 cm³/mol. The largest absolute Gasteiger partial charge is 0.493 e. The van der Waals surface area contributed by atoms with Gasteiger partial charge in [-0.3, -0.25) is 9.59 Å². The Hall–Kier alpha value is -2.30. The van der Waals surface area contributed by atoms with Crippen LogP contribution in [0.2, 0.25) is 0 Å². The lowest BCUT2D eigenvalue weighted by molar-refractivity contribution is -0.145. The summed E-state index contributed by atoms with van der Waals surface area (Å²) in [4.78, 5) is 22.8. The lowest BCUT2D eigenvalue weighted by atomic mass is 10.2. The molecule has 0 aromatic heterocycles. The number of benzene rings is 1. The molecular weight excluding hydrogens is 272 g/mol. The highest BCUT2D eigenvalue weighted by Crippen LogP contribution is 2.28. The summed E-state index contributed by atoms with van der Waals surface area (Å²) in [6.45, 7) is 3.67. The molecule has 0 heterocycles. The third-order valence-electron chi connectivity index (χ3n) is 2.58. The van der Waals surface area contributed by atoms with Crippen LogP contribution in [-0.4, -0.2) is 32.1 Å². The topological polar surface area (TPSA) is 61.8 Å². The number of hydrogen-bond donors (Lipinski definition) is 0. The number of esters is 1. The van der Waals surface area contributed by atoms with Gasteiger partial charge in [-0.2, -0.15) is 0 Å². The smallest absolute Gasteiger partial charge is 0.313 e. The van der Waals surface area contributed by atoms with E-state index in [0.717, 1.165) is 5.56 Å². The first-order valence-electron chi connectivity index (χ1n) is 6.71. The Bertz CT molecular complexity index is 519. The molecule has 1 rings (SSSR count). The lowest BCUT2D eigenvalue weighted by Gasteiger charge is -2.10. The minimum absolute atomic E-state index is 0.196. The monoisotopic (exact) mass is 292 g/mol. The van der Waals surface area contributed by atoms with Crippen LogP contribution >= 0.6 is 0 Å². The summed E-state index contributed by atoms with van der Waals surface area (Å²) in [5.41, 5.74) is 0.972. The summed E-state index contributed by atoms with van der Waals surface area (Å²) in [5, 5.41) is 0. The number of Topliss-reactive ketones (excluding diaryl/α,β-unsaturated/α-hetero) is 1. The third kappa shape index (κ3) is 5.69. The molecule has 5 nitrogen and oxygen atoms in total. The summed E-state index contributed by atoms with van der Waals surface area (Å²) < 4.78 is 15.3. The molecule has 114 valence electrons. The number of hydrogen-bond acceptors (Lipinski definition) is 5. The number of ether oxygens (including phenoxy) is 3. The maximum Gasteiger partial charge on any atom is 0.313 e. The normalized spacial score (nSPS) is 10.4. The standard InChI is InChI=1S/C16H20O5/c1-4-6-12-7-8-14(15(9-12)19-3)21-11-13(17)10-16(18)20-5-2/h4,6-9H,5,10-11H2,1-3H3. The predicted octanol–water partition coefficient (Wildman–Crippen LogP) is 2.63. The average molecular weight is 292 g/mol. The van der Waals surface area contributed by atoms with Gasteiger partial charge in [0.05, 0.1) is 13.7 Å². The van der Waals surface area contributed by atoms with E-state index in [1.807, 2.05) is 31.2 Å². The first-order valence-corrected chi connectivity index (χ1v) is 6.71. The van der Waals surface area contributed by atoms with Crippen molar-refractivity contribution in [3.63, 3.8) is 0 Å². The van der Waals surface area contributed by atoms with E-state index in [4.69, 9.17) is 14.2 Å². The quantitative estimate of drug-likeness (QED) is 0.544. The van der Waals surface area contributed by atoms with Crippen molar-refractivity contribution >= 4 is 17.8 Å². The van der Waals surface area contributed by atoms with Gasteiger partial charge in [0.2, 0.25) is 0 Å². The van der Waals surface area contributed by atoms with Crippen molar-refractivity contribution in [2.75, 3.05) is 20.3 Å². The van der Waals surface area contributed by atoms with E-state index >= 15 is 0 Å². The summed E-state index contributed by atoms with van der Waals surface area (Å²) >= 11 is 0. The van der Waals surface area contributed by atoms with Gasteiger partial charge < -0.3 is 14.2 Å². The Labute approximate surface area is 124 Å². The van der Waals surface area contributed by atoms with E-state index in [2.05, 4.69) is 0 Å². The highest BCUT2D eigenvalue weighted by atomic mass is 16.5. The third-order valence-corrected chi connectivity index (χ3v) is 2.58. The molecule has 0 N–H and O–H groups in total. The zero-order valence-corrected chi connectivity index (χ0v) is 12.5. The number of carbonyl (C=O) groups excluding carboxylic acids is 2. The van der Waals surface area contributed by atoms with Crippen molar-refractivity contribution in [2.45, 2.75) is 20.3 Å². The van der Waals surface area contributed by atoms with Crippen molar-refractivity contribution in [3.05, 3.63) is 29.8 Å². The van der Waals surface area contributed by atoms with Crippen LogP contribution in [-0.2, 0) is 14.3 Å². The maximum absolute atomic E-state index is 11.6. The molecule has 0 fully saturated rings. The second-order valence-corrected chi connectivity index (χ2v) is 4.22. The highest BCUT2D eigenvalue weighted by molar-refractivity contribution is 5.96. The van der Waals surface area contributed by atoms with Gasteiger partial charge in [-0.05, 0) is 31.5 Å². The second kappa shape index (κ2) is 8.79. The zero-order chi connectivity index (χ0) is 15.7. The Morgan fingerprint density at radius 3 is 2.62 bits per heavy atom. The van der Waals surface area contributed by atoms with E-state index in [-0.39, 0.29) is 25.4 Å². The molecule has 21 heavy (non-hydrogen) atoms. The maximum atomic E-state index is 11.6. The molecule has 0 saturated heterocycles. The van der Waals surface area contributed by atoms with Crippen LogP contribution in [0.15, 0.2) is 24.3 Å². The van der Waals surface area contributed by atoms with Crippen LogP contribution < -0.4 is 9.47 Å². The van der Waals surface area contributed by atoms with Crippen molar-refractivity contribution < 1.29 is 23.8 Å². The second-order valence-electron chi connectivity index (χ2n) is 4.22. The van der Waals surface area contributed by atoms with Crippen molar-refractivity contribution in [3.8, 4) is 11.5 Å². The molecule has 0 bridgehead atoms. The van der Waals surface area contributed by atoms with Gasteiger partial charge >= 0.3 is 5.97 Å². The highest BCUT2D eigenvalue weighted by Gasteiger charge is 2.12. The summed E-state index contributed by atoms with van der Waals surface area (Å²) in [6.07, 6.45) is 3.56. The molecule has 1 aromatic carbocycles. The van der Waals surface area contributed by atoms with Crippen molar-refractivity contribution in [1.82, 2.24) is 0 Å². The molecule has 0 aliphatic heterocycles. The SMILES string of the molecule is CC=Cc1ccc(OCC(=O)CC(=O)OCC)c(OC)c1. The van der Waals surface area contributed by atoms with E-state index in [0.29, 0.717) is 11.5 Å². The molecule has 0 aliphatic carbocycles. The molecular formula is C16H20O5. The van der Waals surface area contributed by atoms with Crippen LogP contribution in [0.4, 0.5) is 0 Å². The summed E-state index contributed by atoms with van der Waals surface area (Å²) in [5.74, 6) is 0.118. The fourth-order valence-electron chi connectivity index (χ4n) is 1.68. The Kier molecular flexibility index (Phi) is 7.01. The number of allylic oxidation sites excluding steroid dienone is 1. The van der Waals surface area contributed by atoms with Crippen molar-refractivity contribution in [2.24, 2.45) is 0 Å². The fourth-order valence-corrected chi connectivity index (χ4v) is 1.68. The van der Waals surface area contributed by atoms with Gasteiger partial charge in [0, 0.05) is 0 Å². The van der Waals surface area contributed by atoms with Crippen LogP contribution in [0.1, 0.15) is 25.8 Å². The Morgan fingerprint density at radius 2 is 2.00 bits per heavy atom. The molecule has 0 aliphatic rings. The van der Waals surface area contributed by atoms with E-state index in [1.165, 1.54) is 7.11 Å². The van der Waals surface area contributed by atoms with Gasteiger partial charge in [0.15, 0.2) is 17.3 Å². The number of carbonyl (C=O) groups is 2. The van der Waals surface area contributed by atoms with Crippen LogP contribution in [0.3, 0.4) is 0 Å². The molecule has 0 atom stereocenters. The summed E-state index contributed by atoms with van der Waals surface area (Å²) in [6, 6.07) is 5.39. The van der Waals surface area contributed by atoms with E-state index in [9.17, 15) is 9.59 Å². The van der Waals surface area contributed by atoms with Gasteiger partial charge in [-0.15, -0.1) is 0 Å². The van der Waals surface area contributed by atoms with Crippen LogP contribution in [0.25, 0.3) is 6.08 Å².